The molecular weight excluding hydrogens is 982 g/mol. The Balaban J connectivity index is 0.00000925. The molecule has 0 spiro atoms. The molecule has 17 heteroatoms. The van der Waals surface area contributed by atoms with E-state index in [9.17, 15) is 39.6 Å². The summed E-state index contributed by atoms with van der Waals surface area (Å²) in [4.78, 5) is 58.8. The number of carbonyl (C=O) groups is 4. The molecule has 4 aromatic rings. The fourth-order valence-electron chi connectivity index (χ4n) is 7.50. The summed E-state index contributed by atoms with van der Waals surface area (Å²) in [5.74, 6) is -4.64. The first kappa shape index (κ1) is 53.4. The minimum Gasteiger partial charge on any atom is -0.480 e. The standard InChI is InChI=1S/C48H60N4O12.Gd/c53-45(54)41(33-61-29-37-13-5-1-6-14-37)49-21-23-50(42(46(55)56)34-62-30-38-15-7-2-8-16-38)25-27-52(44(48(59)60)36-64-32-40-19-11-4-12-20-40)28-26-51(24-22-49)43(47(57)58)35-63-31-39-17-9-3-10-18-39;/h1-20,41-44H,21-36H2,(H,53,54)(H,55,56)(H,57,58)(H,59,60);/q;+3. The Kier molecular flexibility index (Phi) is 24.2. The van der Waals surface area contributed by atoms with E-state index in [4.69, 9.17) is 18.9 Å². The molecule has 4 unspecified atom stereocenters. The minimum atomic E-state index is -1.18. The molecule has 0 bridgehead atoms. The predicted octanol–water partition coefficient (Wildman–Crippen LogP) is 3.89. The number of carboxylic acids is 4. The Hall–Kier alpha value is -4.24. The van der Waals surface area contributed by atoms with Crippen molar-refractivity contribution in [3.8, 4) is 0 Å². The van der Waals surface area contributed by atoms with Crippen LogP contribution in [0.2, 0.25) is 0 Å². The number of hydrogen-bond acceptors (Lipinski definition) is 12. The first-order valence-electron chi connectivity index (χ1n) is 21.4. The summed E-state index contributed by atoms with van der Waals surface area (Å²) in [7, 11) is 0. The van der Waals surface area contributed by atoms with Crippen molar-refractivity contribution in [3.63, 3.8) is 0 Å². The monoisotopic (exact) mass is 1040 g/mol. The Morgan fingerprint density at radius 3 is 0.677 bits per heavy atom. The molecule has 4 N–H and O–H groups in total. The maximum absolute atomic E-state index is 13.0. The van der Waals surface area contributed by atoms with Crippen LogP contribution in [0.4, 0.5) is 0 Å². The van der Waals surface area contributed by atoms with Crippen LogP contribution in [-0.2, 0) is 64.6 Å². The van der Waals surface area contributed by atoms with Gasteiger partial charge in [0.25, 0.3) is 0 Å². The first-order chi connectivity index (χ1) is 31.1. The van der Waals surface area contributed by atoms with Crippen molar-refractivity contribution in [2.45, 2.75) is 50.6 Å². The van der Waals surface area contributed by atoms with Gasteiger partial charge in [0.05, 0.1) is 52.9 Å². The normalized spacial score (nSPS) is 16.7. The number of nitrogens with zero attached hydrogens (tertiary/aromatic N) is 4. The van der Waals surface area contributed by atoms with Gasteiger partial charge in [-0.2, -0.15) is 0 Å². The van der Waals surface area contributed by atoms with Gasteiger partial charge in [-0.3, -0.25) is 38.8 Å². The molecule has 1 aliphatic heterocycles. The van der Waals surface area contributed by atoms with Crippen LogP contribution >= 0.6 is 0 Å². The summed E-state index contributed by atoms with van der Waals surface area (Å²) in [6.45, 7) is 0.214. The average molecular weight is 1040 g/mol. The van der Waals surface area contributed by atoms with E-state index in [1.54, 1.807) is 19.6 Å². The number of benzene rings is 4. The first-order valence-corrected chi connectivity index (χ1v) is 21.4. The van der Waals surface area contributed by atoms with Crippen molar-refractivity contribution in [1.82, 2.24) is 19.6 Å². The fourth-order valence-corrected chi connectivity index (χ4v) is 7.50. The van der Waals surface area contributed by atoms with Gasteiger partial charge in [0.15, 0.2) is 0 Å². The SMILES string of the molecule is O=C(O)C(COCc1ccccc1)N1CCN(C(COCc2ccccc2)C(=O)O)CCN(C(COCc2ccccc2)C(=O)O)CCN(C(COCc2ccccc2)C(=O)O)CC1.[Gd+3]. The molecule has 4 atom stereocenters. The van der Waals surface area contributed by atoms with E-state index < -0.39 is 48.0 Å². The van der Waals surface area contributed by atoms with E-state index >= 15 is 0 Å². The van der Waals surface area contributed by atoms with E-state index in [-0.39, 0.29) is 145 Å². The van der Waals surface area contributed by atoms with Crippen LogP contribution in [0.1, 0.15) is 22.3 Å². The summed E-state index contributed by atoms with van der Waals surface area (Å²) >= 11 is 0. The van der Waals surface area contributed by atoms with E-state index in [1.165, 1.54) is 0 Å². The van der Waals surface area contributed by atoms with Crippen LogP contribution in [0, 0.1) is 39.9 Å². The molecule has 1 aliphatic rings. The van der Waals surface area contributed by atoms with Gasteiger partial charge in [0.1, 0.15) is 24.2 Å². The molecule has 16 nitrogen and oxygen atoms in total. The summed E-state index contributed by atoms with van der Waals surface area (Å²) in [5.41, 5.74) is 3.41. The molecule has 349 valence electrons. The Morgan fingerprint density at radius 2 is 0.523 bits per heavy atom. The summed E-state index contributed by atoms with van der Waals surface area (Å²) < 4.78 is 23.8. The number of rotatable bonds is 24. The Morgan fingerprint density at radius 1 is 0.354 bits per heavy atom. The largest absolute Gasteiger partial charge is 3.00 e. The van der Waals surface area contributed by atoms with E-state index in [0.29, 0.717) is 0 Å². The predicted molar refractivity (Wildman–Crippen MR) is 236 cm³/mol. The number of hydrogen-bond donors (Lipinski definition) is 4. The second-order valence-corrected chi connectivity index (χ2v) is 15.6. The van der Waals surface area contributed by atoms with E-state index in [1.807, 2.05) is 121 Å². The number of aliphatic carboxylic acids is 4. The van der Waals surface area contributed by atoms with Crippen molar-refractivity contribution in [1.29, 1.82) is 0 Å². The molecule has 0 amide bonds. The Bertz CT molecular complexity index is 1690. The van der Waals surface area contributed by atoms with Crippen LogP contribution in [0.15, 0.2) is 121 Å². The molecule has 0 saturated carbocycles. The maximum Gasteiger partial charge on any atom is 3.00 e. The molecule has 5 rings (SSSR count). The van der Waals surface area contributed by atoms with Gasteiger partial charge in [0.2, 0.25) is 0 Å². The third-order valence-corrected chi connectivity index (χ3v) is 11.2. The summed E-state index contributed by atoms with van der Waals surface area (Å²) in [6, 6.07) is 32.5. The summed E-state index contributed by atoms with van der Waals surface area (Å²) in [5, 5.41) is 42.5. The summed E-state index contributed by atoms with van der Waals surface area (Å²) in [6.07, 6.45) is 0. The minimum absolute atomic E-state index is 0. The quantitative estimate of drug-likeness (QED) is 0.0788. The van der Waals surface area contributed by atoms with Crippen LogP contribution in [-0.4, -0.2) is 167 Å². The van der Waals surface area contributed by atoms with Crippen molar-refractivity contribution >= 4 is 23.9 Å². The molecular formula is C48H60GdN4O12+3. The molecule has 1 radical (unpaired) electrons. The van der Waals surface area contributed by atoms with Gasteiger partial charge in [-0.1, -0.05) is 121 Å². The topological polar surface area (TPSA) is 199 Å². The second kappa shape index (κ2) is 29.4. The van der Waals surface area contributed by atoms with E-state index in [0.717, 1.165) is 22.3 Å². The van der Waals surface area contributed by atoms with Crippen molar-refractivity contribution in [3.05, 3.63) is 144 Å². The molecule has 0 aliphatic carbocycles. The third-order valence-electron chi connectivity index (χ3n) is 11.2. The van der Waals surface area contributed by atoms with Gasteiger partial charge in [0, 0.05) is 52.4 Å². The van der Waals surface area contributed by atoms with Crippen LogP contribution < -0.4 is 0 Å². The second-order valence-electron chi connectivity index (χ2n) is 15.6. The Labute approximate surface area is 412 Å². The van der Waals surface area contributed by atoms with Crippen molar-refractivity contribution < 1.29 is 98.5 Å². The number of ether oxygens (including phenoxy) is 4. The molecule has 0 aromatic heterocycles. The smallest absolute Gasteiger partial charge is 0.480 e. The van der Waals surface area contributed by atoms with Crippen LogP contribution in [0.5, 0.6) is 0 Å². The van der Waals surface area contributed by atoms with Gasteiger partial charge >= 0.3 is 63.8 Å². The zero-order valence-electron chi connectivity index (χ0n) is 36.4. The third kappa shape index (κ3) is 18.5. The fraction of sp³-hybridized carbons (Fsp3) is 0.417. The molecule has 1 saturated heterocycles. The number of carboxylic acid groups (broad SMARTS) is 4. The molecule has 65 heavy (non-hydrogen) atoms. The van der Waals surface area contributed by atoms with Gasteiger partial charge < -0.3 is 39.4 Å². The van der Waals surface area contributed by atoms with Crippen molar-refractivity contribution in [2.75, 3.05) is 78.8 Å². The molecule has 1 heterocycles. The zero-order chi connectivity index (χ0) is 45.5. The average Bonchev–Trinajstić information content (AvgIpc) is 3.29. The van der Waals surface area contributed by atoms with Gasteiger partial charge in [-0.25, -0.2) is 0 Å². The van der Waals surface area contributed by atoms with Crippen molar-refractivity contribution in [2.24, 2.45) is 0 Å². The van der Waals surface area contributed by atoms with Gasteiger partial charge in [-0.15, -0.1) is 0 Å². The van der Waals surface area contributed by atoms with Gasteiger partial charge in [-0.05, 0) is 22.3 Å². The zero-order valence-corrected chi connectivity index (χ0v) is 38.6. The van der Waals surface area contributed by atoms with Crippen LogP contribution in [0.3, 0.4) is 0 Å². The van der Waals surface area contributed by atoms with Crippen LogP contribution in [0.25, 0.3) is 0 Å². The maximum atomic E-state index is 13.0. The van der Waals surface area contributed by atoms with E-state index in [2.05, 4.69) is 0 Å². The molecule has 4 aromatic carbocycles. The molecule has 1 fully saturated rings.